The van der Waals surface area contributed by atoms with Crippen LogP contribution in [0.4, 0.5) is 0 Å². The molecule has 0 aliphatic rings. The van der Waals surface area contributed by atoms with Crippen molar-refractivity contribution in [1.82, 2.24) is 10.6 Å². The van der Waals surface area contributed by atoms with E-state index in [1.807, 2.05) is 0 Å². The van der Waals surface area contributed by atoms with E-state index in [1.54, 1.807) is 12.1 Å². The molecule has 0 aliphatic heterocycles. The fourth-order valence-electron chi connectivity index (χ4n) is 0.982. The number of rotatable bonds is 4. The van der Waals surface area contributed by atoms with E-state index in [0.717, 1.165) is 0 Å². The van der Waals surface area contributed by atoms with Crippen LogP contribution < -0.4 is 10.6 Å². The van der Waals surface area contributed by atoms with Gasteiger partial charge in [-0.15, -0.1) is 0 Å². The minimum atomic E-state index is -0.771. The first-order valence-corrected chi connectivity index (χ1v) is 4.86. The van der Waals surface area contributed by atoms with Gasteiger partial charge in [0, 0.05) is 6.54 Å². The zero-order valence-electron chi connectivity index (χ0n) is 8.90. The van der Waals surface area contributed by atoms with Crippen LogP contribution in [-0.2, 0) is 16.1 Å². The molecule has 0 fully saturated rings. The molecule has 1 aromatic heterocycles. The van der Waals surface area contributed by atoms with Gasteiger partial charge in [-0.05, 0) is 19.1 Å². The number of hydrogen-bond acceptors (Lipinski definition) is 4. The number of carbonyl (C=O) groups is 2. The Balaban J connectivity index is 2.26. The van der Waals surface area contributed by atoms with Gasteiger partial charge >= 0.3 is 11.8 Å². The molecule has 1 unspecified atom stereocenters. The lowest BCUT2D eigenvalue weighted by atomic mass is 10.4. The Bertz CT molecular complexity index is 346. The first-order valence-electron chi connectivity index (χ1n) is 4.86. The molecular weight excluding hydrogens is 212 g/mol. The highest BCUT2D eigenvalue weighted by atomic mass is 16.3. The molecule has 0 aliphatic carbocycles. The molecule has 3 N–H and O–H groups in total. The lowest BCUT2D eigenvalue weighted by Crippen LogP contribution is -2.41. The van der Waals surface area contributed by atoms with Crippen molar-refractivity contribution in [3.8, 4) is 0 Å². The predicted octanol–water partition coefficient (Wildman–Crippen LogP) is -0.607. The van der Waals surface area contributed by atoms with Crippen molar-refractivity contribution < 1.29 is 19.1 Å². The van der Waals surface area contributed by atoms with E-state index >= 15 is 0 Å². The summed E-state index contributed by atoms with van der Waals surface area (Å²) in [5.41, 5.74) is 0. The van der Waals surface area contributed by atoms with Gasteiger partial charge in [0.2, 0.25) is 0 Å². The van der Waals surface area contributed by atoms with Gasteiger partial charge in [-0.1, -0.05) is 0 Å². The molecular formula is C10H14N2O4. The molecule has 16 heavy (non-hydrogen) atoms. The highest BCUT2D eigenvalue weighted by Gasteiger charge is 2.13. The molecule has 88 valence electrons. The van der Waals surface area contributed by atoms with E-state index in [4.69, 9.17) is 9.52 Å². The van der Waals surface area contributed by atoms with E-state index in [-0.39, 0.29) is 13.1 Å². The molecule has 6 nitrogen and oxygen atoms in total. The Morgan fingerprint density at radius 1 is 1.44 bits per heavy atom. The summed E-state index contributed by atoms with van der Waals surface area (Å²) in [6, 6.07) is 3.38. The minimum Gasteiger partial charge on any atom is -0.467 e. The van der Waals surface area contributed by atoms with Gasteiger partial charge in [-0.2, -0.15) is 0 Å². The molecule has 0 spiro atoms. The summed E-state index contributed by atoms with van der Waals surface area (Å²) in [4.78, 5) is 22.3. The van der Waals surface area contributed by atoms with Crippen molar-refractivity contribution >= 4 is 11.8 Å². The number of furan rings is 1. The third-order valence-electron chi connectivity index (χ3n) is 1.77. The van der Waals surface area contributed by atoms with Gasteiger partial charge in [-0.3, -0.25) is 9.59 Å². The van der Waals surface area contributed by atoms with E-state index in [2.05, 4.69) is 10.6 Å². The van der Waals surface area contributed by atoms with Crippen molar-refractivity contribution in [2.24, 2.45) is 0 Å². The van der Waals surface area contributed by atoms with E-state index in [1.165, 1.54) is 13.2 Å². The summed E-state index contributed by atoms with van der Waals surface area (Å²) in [5, 5.41) is 13.6. The monoisotopic (exact) mass is 226 g/mol. The fourth-order valence-corrected chi connectivity index (χ4v) is 0.982. The number of hydrogen-bond donors (Lipinski definition) is 3. The second kappa shape index (κ2) is 5.92. The summed E-state index contributed by atoms with van der Waals surface area (Å²) in [7, 11) is 0. The minimum absolute atomic E-state index is 0.0486. The van der Waals surface area contributed by atoms with Crippen LogP contribution in [0.3, 0.4) is 0 Å². The number of aliphatic hydroxyl groups is 1. The Kier molecular flexibility index (Phi) is 4.53. The molecule has 0 aromatic carbocycles. The highest BCUT2D eigenvalue weighted by molar-refractivity contribution is 6.35. The lowest BCUT2D eigenvalue weighted by molar-refractivity contribution is -0.139. The number of amides is 2. The summed E-state index contributed by atoms with van der Waals surface area (Å²) in [6.45, 7) is 1.72. The Hall–Kier alpha value is -1.82. The third-order valence-corrected chi connectivity index (χ3v) is 1.77. The standard InChI is InChI=1S/C10H14N2O4/c1-7(13)5-11-9(14)10(15)12-6-8-3-2-4-16-8/h2-4,7,13H,5-6H2,1H3,(H,11,14)(H,12,15). The fraction of sp³-hybridized carbons (Fsp3) is 0.400. The molecule has 1 rings (SSSR count). The van der Waals surface area contributed by atoms with E-state index in [0.29, 0.717) is 5.76 Å². The zero-order valence-corrected chi connectivity index (χ0v) is 8.90. The van der Waals surface area contributed by atoms with Crippen molar-refractivity contribution in [3.63, 3.8) is 0 Å². The van der Waals surface area contributed by atoms with Gasteiger partial charge in [0.25, 0.3) is 0 Å². The van der Waals surface area contributed by atoms with Crippen LogP contribution in [0.1, 0.15) is 12.7 Å². The molecule has 0 bridgehead atoms. The van der Waals surface area contributed by atoms with Crippen molar-refractivity contribution in [2.45, 2.75) is 19.6 Å². The van der Waals surface area contributed by atoms with Gasteiger partial charge in [0.15, 0.2) is 0 Å². The molecule has 2 amide bonds. The van der Waals surface area contributed by atoms with Crippen LogP contribution in [-0.4, -0.2) is 29.6 Å². The summed E-state index contributed by atoms with van der Waals surface area (Å²) < 4.78 is 4.98. The maximum atomic E-state index is 11.2. The average molecular weight is 226 g/mol. The first-order chi connectivity index (χ1) is 7.59. The maximum Gasteiger partial charge on any atom is 0.309 e. The normalized spacial score (nSPS) is 11.9. The molecule has 1 heterocycles. The summed E-state index contributed by atoms with van der Waals surface area (Å²) in [6.07, 6.45) is 0.802. The zero-order chi connectivity index (χ0) is 12.0. The van der Waals surface area contributed by atoms with Crippen molar-refractivity contribution in [1.29, 1.82) is 0 Å². The second-order valence-corrected chi connectivity index (χ2v) is 3.32. The van der Waals surface area contributed by atoms with Gasteiger partial charge in [0.05, 0.1) is 18.9 Å². The van der Waals surface area contributed by atoms with Gasteiger partial charge < -0.3 is 20.2 Å². The largest absolute Gasteiger partial charge is 0.467 e. The average Bonchev–Trinajstić information content (AvgIpc) is 2.75. The number of aliphatic hydroxyl groups excluding tert-OH is 1. The molecule has 6 heteroatoms. The molecule has 0 saturated carbocycles. The van der Waals surface area contributed by atoms with Crippen LogP contribution >= 0.6 is 0 Å². The number of carbonyl (C=O) groups excluding carboxylic acids is 2. The maximum absolute atomic E-state index is 11.2. The Morgan fingerprint density at radius 2 is 2.12 bits per heavy atom. The van der Waals surface area contributed by atoms with Gasteiger partial charge in [-0.25, -0.2) is 0 Å². The smallest absolute Gasteiger partial charge is 0.309 e. The van der Waals surface area contributed by atoms with Crippen LogP contribution in [0, 0.1) is 0 Å². The Labute approximate surface area is 92.6 Å². The van der Waals surface area contributed by atoms with E-state index in [9.17, 15) is 9.59 Å². The van der Waals surface area contributed by atoms with Crippen LogP contribution in [0.5, 0.6) is 0 Å². The molecule has 0 saturated heterocycles. The van der Waals surface area contributed by atoms with Crippen LogP contribution in [0.25, 0.3) is 0 Å². The Morgan fingerprint density at radius 3 is 2.69 bits per heavy atom. The quantitative estimate of drug-likeness (QED) is 0.597. The number of nitrogens with one attached hydrogen (secondary N) is 2. The van der Waals surface area contributed by atoms with Crippen LogP contribution in [0.15, 0.2) is 22.8 Å². The van der Waals surface area contributed by atoms with E-state index < -0.39 is 17.9 Å². The summed E-state index contributed by atoms with van der Waals surface area (Å²) in [5.74, 6) is -0.957. The lowest BCUT2D eigenvalue weighted by Gasteiger charge is -2.06. The van der Waals surface area contributed by atoms with Crippen LogP contribution in [0.2, 0.25) is 0 Å². The SMILES string of the molecule is CC(O)CNC(=O)C(=O)NCc1ccco1. The van der Waals surface area contributed by atoms with Crippen molar-refractivity contribution in [3.05, 3.63) is 24.2 Å². The third kappa shape index (κ3) is 4.14. The first kappa shape index (κ1) is 12.3. The predicted molar refractivity (Wildman–Crippen MR) is 55.2 cm³/mol. The molecule has 1 atom stereocenters. The second-order valence-electron chi connectivity index (χ2n) is 3.32. The summed E-state index contributed by atoms with van der Waals surface area (Å²) >= 11 is 0. The topological polar surface area (TPSA) is 91.6 Å². The molecule has 0 radical (unpaired) electrons. The molecule has 1 aromatic rings. The van der Waals surface area contributed by atoms with Gasteiger partial charge in [0.1, 0.15) is 5.76 Å². The van der Waals surface area contributed by atoms with Crippen molar-refractivity contribution in [2.75, 3.05) is 6.54 Å². The highest BCUT2D eigenvalue weighted by Crippen LogP contribution is 1.97.